The van der Waals surface area contributed by atoms with Crippen LogP contribution in [0.5, 0.6) is 0 Å². The molecular weight excluding hydrogens is 193 g/mol. The third kappa shape index (κ3) is 3.01. The molecule has 1 heterocycles. The maximum absolute atomic E-state index is 4.07. The van der Waals surface area contributed by atoms with Crippen LogP contribution in [0.4, 0.5) is 4.70 Å². The highest BCUT2D eigenvalue weighted by Crippen LogP contribution is 2.11. The quantitative estimate of drug-likeness (QED) is 0.764. The summed E-state index contributed by atoms with van der Waals surface area (Å²) >= 11 is 0. The number of aromatic nitrogens is 3. The molecule has 1 aliphatic carbocycles. The van der Waals surface area contributed by atoms with Crippen molar-refractivity contribution in [1.29, 1.82) is 0 Å². The van der Waals surface area contributed by atoms with Crippen LogP contribution in [0.2, 0.25) is 0 Å². The van der Waals surface area contributed by atoms with Crippen LogP contribution in [0.1, 0.15) is 25.5 Å². The Kier molecular flexibility index (Phi) is 4.21. The van der Waals surface area contributed by atoms with Crippen LogP contribution in [0.3, 0.4) is 0 Å². The van der Waals surface area contributed by atoms with E-state index >= 15 is 0 Å². The minimum Gasteiger partial charge on any atom is -0.269 e. The van der Waals surface area contributed by atoms with Gasteiger partial charge in [0, 0.05) is 6.20 Å². The molecule has 0 atom stereocenters. The van der Waals surface area contributed by atoms with Crippen LogP contribution in [-0.2, 0) is 13.0 Å². The molecule has 82 valence electrons. The summed E-state index contributed by atoms with van der Waals surface area (Å²) in [5.41, 5.74) is 2.40. The van der Waals surface area contributed by atoms with Crippen LogP contribution in [-0.4, -0.2) is 15.0 Å². The molecule has 15 heavy (non-hydrogen) atoms. The van der Waals surface area contributed by atoms with Gasteiger partial charge in [0.25, 0.3) is 0 Å². The minimum absolute atomic E-state index is 0. The molecule has 0 aromatic carbocycles. The van der Waals surface area contributed by atoms with Gasteiger partial charge in [-0.2, -0.15) is 0 Å². The van der Waals surface area contributed by atoms with E-state index in [9.17, 15) is 0 Å². The molecule has 0 N–H and O–H groups in total. The second kappa shape index (κ2) is 5.44. The number of rotatable bonds is 3. The highest BCUT2D eigenvalue weighted by Gasteiger charge is 2.01. The Morgan fingerprint density at radius 2 is 2.27 bits per heavy atom. The molecule has 0 amide bonds. The second-order valence-corrected chi connectivity index (χ2v) is 3.52. The number of allylic oxidation sites excluding steroid dienone is 4. The minimum atomic E-state index is 0. The second-order valence-electron chi connectivity index (χ2n) is 3.52. The van der Waals surface area contributed by atoms with Crippen molar-refractivity contribution in [2.45, 2.75) is 32.7 Å². The fraction of sp³-hybridized carbons (Fsp3) is 0.455. The first kappa shape index (κ1) is 11.6. The van der Waals surface area contributed by atoms with Crippen molar-refractivity contribution in [2.75, 3.05) is 0 Å². The smallest absolute Gasteiger partial charge is 0.0824 e. The third-order valence-corrected chi connectivity index (χ3v) is 2.36. The number of hydrogen-bond acceptors (Lipinski definition) is 2. The van der Waals surface area contributed by atoms with E-state index in [1.54, 1.807) is 0 Å². The van der Waals surface area contributed by atoms with Gasteiger partial charge in [0.2, 0.25) is 0 Å². The van der Waals surface area contributed by atoms with Gasteiger partial charge in [-0.3, -0.25) is 4.70 Å². The highest BCUT2D eigenvalue weighted by atomic mass is 19.0. The summed E-state index contributed by atoms with van der Waals surface area (Å²) in [4.78, 5) is 0. The Morgan fingerprint density at radius 1 is 1.40 bits per heavy atom. The molecule has 0 bridgehead atoms. The van der Waals surface area contributed by atoms with Gasteiger partial charge in [-0.15, -0.1) is 5.10 Å². The van der Waals surface area contributed by atoms with Crippen LogP contribution in [0, 0.1) is 0 Å². The van der Waals surface area contributed by atoms with E-state index in [0.717, 1.165) is 25.1 Å². The molecule has 0 unspecified atom stereocenters. The van der Waals surface area contributed by atoms with Crippen LogP contribution in [0.15, 0.2) is 30.0 Å². The van der Waals surface area contributed by atoms with Crippen molar-refractivity contribution in [3.63, 3.8) is 0 Å². The van der Waals surface area contributed by atoms with Gasteiger partial charge in [-0.05, 0) is 24.8 Å². The van der Waals surface area contributed by atoms with E-state index < -0.39 is 0 Å². The lowest BCUT2D eigenvalue weighted by atomic mass is 10.1. The van der Waals surface area contributed by atoms with Gasteiger partial charge in [0.1, 0.15) is 0 Å². The van der Waals surface area contributed by atoms with E-state index in [1.165, 1.54) is 12.0 Å². The summed E-state index contributed by atoms with van der Waals surface area (Å²) in [5, 5.41) is 8.13. The fourth-order valence-corrected chi connectivity index (χ4v) is 1.55. The molecule has 1 aromatic rings. The van der Waals surface area contributed by atoms with E-state index in [0.29, 0.717) is 0 Å². The lowest BCUT2D eigenvalue weighted by molar-refractivity contribution is 0.645. The first-order chi connectivity index (χ1) is 6.88. The number of hydrogen-bond donors (Lipinski definition) is 0. The largest absolute Gasteiger partial charge is 0.269 e. The lowest BCUT2D eigenvalue weighted by Crippen LogP contribution is -2.01. The Bertz CT molecular complexity index is 366. The topological polar surface area (TPSA) is 30.7 Å². The summed E-state index contributed by atoms with van der Waals surface area (Å²) in [6.45, 7) is 2.94. The van der Waals surface area contributed by atoms with E-state index in [1.807, 2.05) is 10.9 Å². The first-order valence-corrected chi connectivity index (χ1v) is 5.13. The number of nitrogens with zero attached hydrogens (tertiary/aromatic N) is 3. The molecule has 1 aliphatic rings. The Balaban J connectivity index is 0.00000112. The maximum atomic E-state index is 4.07. The maximum Gasteiger partial charge on any atom is 0.0824 e. The summed E-state index contributed by atoms with van der Waals surface area (Å²) in [7, 11) is 0. The van der Waals surface area contributed by atoms with Gasteiger partial charge >= 0.3 is 0 Å². The Hall–Kier alpha value is -1.45. The Morgan fingerprint density at radius 3 is 2.87 bits per heavy atom. The standard InChI is InChI=1S/C11H15N3.FH/c1-2-11-9-14(13-12-11)8-10-6-4-3-5-7-10;/h4,6-7,9H,2-3,5,8H2,1H3;1H. The van der Waals surface area contributed by atoms with Crippen molar-refractivity contribution in [2.24, 2.45) is 0 Å². The molecule has 3 nitrogen and oxygen atoms in total. The van der Waals surface area contributed by atoms with Crippen molar-refractivity contribution in [3.8, 4) is 0 Å². The molecule has 2 rings (SSSR count). The van der Waals surface area contributed by atoms with Gasteiger partial charge < -0.3 is 0 Å². The number of aryl methyl sites for hydroxylation is 1. The zero-order chi connectivity index (χ0) is 9.80. The van der Waals surface area contributed by atoms with Gasteiger partial charge in [-0.25, -0.2) is 4.68 Å². The van der Waals surface area contributed by atoms with E-state index in [-0.39, 0.29) is 4.70 Å². The molecule has 0 radical (unpaired) electrons. The van der Waals surface area contributed by atoms with Gasteiger partial charge in [-0.1, -0.05) is 30.4 Å². The van der Waals surface area contributed by atoms with Crippen molar-refractivity contribution in [3.05, 3.63) is 35.7 Å². The van der Waals surface area contributed by atoms with E-state index in [2.05, 4.69) is 35.5 Å². The monoisotopic (exact) mass is 209 g/mol. The van der Waals surface area contributed by atoms with Crippen molar-refractivity contribution in [1.82, 2.24) is 15.0 Å². The van der Waals surface area contributed by atoms with Crippen molar-refractivity contribution >= 4 is 0 Å². The van der Waals surface area contributed by atoms with Crippen LogP contribution in [0.25, 0.3) is 0 Å². The summed E-state index contributed by atoms with van der Waals surface area (Å²) in [6.07, 6.45) is 12.0. The molecular formula is C11H16FN3. The fourth-order valence-electron chi connectivity index (χ4n) is 1.55. The third-order valence-electron chi connectivity index (χ3n) is 2.36. The molecule has 4 heteroatoms. The first-order valence-electron chi connectivity index (χ1n) is 5.13. The lowest BCUT2D eigenvalue weighted by Gasteiger charge is -2.05. The molecule has 0 fully saturated rings. The zero-order valence-corrected chi connectivity index (χ0v) is 8.89. The summed E-state index contributed by atoms with van der Waals surface area (Å²) in [5.74, 6) is 0. The van der Waals surface area contributed by atoms with Crippen LogP contribution < -0.4 is 0 Å². The molecule has 0 spiro atoms. The summed E-state index contributed by atoms with van der Waals surface area (Å²) < 4.78 is 1.90. The number of halogens is 1. The normalized spacial score (nSPS) is 14.6. The van der Waals surface area contributed by atoms with Gasteiger partial charge in [0.15, 0.2) is 0 Å². The van der Waals surface area contributed by atoms with Gasteiger partial charge in [0.05, 0.1) is 12.2 Å². The Labute approximate surface area is 88.9 Å². The predicted octanol–water partition coefficient (Wildman–Crippen LogP) is 2.27. The zero-order valence-electron chi connectivity index (χ0n) is 8.89. The average molecular weight is 209 g/mol. The molecule has 0 aliphatic heterocycles. The predicted molar refractivity (Wildman–Crippen MR) is 58.4 cm³/mol. The SMILES string of the molecule is CCc1cn(CC2=CCCC=C2)nn1.F. The van der Waals surface area contributed by atoms with Crippen molar-refractivity contribution < 1.29 is 4.70 Å². The molecule has 0 saturated carbocycles. The molecule has 1 aromatic heterocycles. The van der Waals surface area contributed by atoms with E-state index in [4.69, 9.17) is 0 Å². The molecule has 0 saturated heterocycles. The highest BCUT2D eigenvalue weighted by molar-refractivity contribution is 5.21. The average Bonchev–Trinajstić information content (AvgIpc) is 2.67. The summed E-state index contributed by atoms with van der Waals surface area (Å²) in [6, 6.07) is 0. The van der Waals surface area contributed by atoms with Crippen LogP contribution >= 0.6 is 0 Å².